The molecule has 0 atom stereocenters. The molecule has 4 aromatic rings. The van der Waals surface area contributed by atoms with Crippen molar-refractivity contribution < 1.29 is 0 Å². The van der Waals surface area contributed by atoms with E-state index in [2.05, 4.69) is 39.9 Å². The fraction of sp³-hybridized carbons (Fsp3) is 0. The van der Waals surface area contributed by atoms with Gasteiger partial charge in [0.15, 0.2) is 17.1 Å². The average molecular weight is 287 g/mol. The molecule has 0 aliphatic rings. The Morgan fingerprint density at radius 2 is 1.67 bits per heavy atom. The van der Waals surface area contributed by atoms with Crippen molar-refractivity contribution in [3.63, 3.8) is 0 Å². The Morgan fingerprint density at radius 1 is 0.905 bits per heavy atom. The van der Waals surface area contributed by atoms with Gasteiger partial charge in [0.05, 0.1) is 12.7 Å². The van der Waals surface area contributed by atoms with Crippen molar-refractivity contribution in [2.24, 2.45) is 0 Å². The number of aromatic amines is 4. The van der Waals surface area contributed by atoms with Gasteiger partial charge in [-0.05, 0) is 0 Å². The topological polar surface area (TPSA) is 175 Å². The lowest BCUT2D eigenvalue weighted by Gasteiger charge is -1.89. The minimum Gasteiger partial charge on any atom is -0.382 e. The van der Waals surface area contributed by atoms with E-state index in [-0.39, 0.29) is 11.2 Å². The number of nitrogens with one attached hydrogen (secondary N) is 4. The van der Waals surface area contributed by atoms with Gasteiger partial charge in [0, 0.05) is 0 Å². The molecule has 0 radical (unpaired) electrons. The molecule has 106 valence electrons. The fourth-order valence-electron chi connectivity index (χ4n) is 1.65. The normalized spacial score (nSPS) is 10.5. The van der Waals surface area contributed by atoms with Crippen LogP contribution in [-0.4, -0.2) is 39.9 Å². The second-order valence-electron chi connectivity index (χ2n) is 3.89. The van der Waals surface area contributed by atoms with Gasteiger partial charge in [-0.1, -0.05) is 0 Å². The summed E-state index contributed by atoms with van der Waals surface area (Å²) in [6, 6.07) is 0. The van der Waals surface area contributed by atoms with Gasteiger partial charge in [-0.25, -0.2) is 24.7 Å². The number of aromatic nitrogens is 8. The fourth-order valence-corrected chi connectivity index (χ4v) is 1.65. The lowest BCUT2D eigenvalue weighted by Crippen LogP contribution is -2.21. The predicted molar refractivity (Wildman–Crippen MR) is 73.4 cm³/mol. The van der Waals surface area contributed by atoms with E-state index in [4.69, 9.17) is 5.73 Å². The van der Waals surface area contributed by atoms with Crippen LogP contribution in [0.3, 0.4) is 0 Å². The molecule has 4 rings (SSSR count). The van der Waals surface area contributed by atoms with Gasteiger partial charge in [-0.3, -0.25) is 14.8 Å². The highest BCUT2D eigenvalue weighted by Crippen LogP contribution is 2.09. The van der Waals surface area contributed by atoms with Crippen molar-refractivity contribution in [1.29, 1.82) is 0 Å². The summed E-state index contributed by atoms with van der Waals surface area (Å²) in [5.74, 6) is 0.433. The summed E-state index contributed by atoms with van der Waals surface area (Å²) in [7, 11) is 0. The number of anilines is 1. The molecule has 0 unspecified atom stereocenters. The molecule has 11 heteroatoms. The van der Waals surface area contributed by atoms with E-state index >= 15 is 0 Å². The van der Waals surface area contributed by atoms with Crippen molar-refractivity contribution in [3.05, 3.63) is 39.8 Å². The monoisotopic (exact) mass is 287 g/mol. The van der Waals surface area contributed by atoms with Gasteiger partial charge < -0.3 is 15.7 Å². The highest BCUT2D eigenvalue weighted by atomic mass is 16.2. The van der Waals surface area contributed by atoms with E-state index in [9.17, 15) is 9.59 Å². The van der Waals surface area contributed by atoms with Gasteiger partial charge in [0.1, 0.15) is 17.4 Å². The van der Waals surface area contributed by atoms with Gasteiger partial charge in [0.25, 0.3) is 5.56 Å². The summed E-state index contributed by atoms with van der Waals surface area (Å²) >= 11 is 0. The quantitative estimate of drug-likeness (QED) is 0.272. The van der Waals surface area contributed by atoms with Crippen molar-refractivity contribution in [2.45, 2.75) is 0 Å². The van der Waals surface area contributed by atoms with Crippen LogP contribution in [0.1, 0.15) is 0 Å². The molecule has 0 aromatic carbocycles. The Hall–Kier alpha value is -3.50. The maximum atomic E-state index is 10.9. The number of rotatable bonds is 0. The number of nitrogens with two attached hydrogens (primary N) is 1. The van der Waals surface area contributed by atoms with E-state index in [1.807, 2.05) is 0 Å². The molecule has 21 heavy (non-hydrogen) atoms. The van der Waals surface area contributed by atoms with Crippen LogP contribution in [-0.2, 0) is 0 Å². The second-order valence-corrected chi connectivity index (χ2v) is 3.89. The van der Waals surface area contributed by atoms with Crippen molar-refractivity contribution in [3.8, 4) is 0 Å². The van der Waals surface area contributed by atoms with Crippen LogP contribution in [0.25, 0.3) is 22.3 Å². The van der Waals surface area contributed by atoms with Crippen molar-refractivity contribution in [2.75, 3.05) is 5.73 Å². The lowest BCUT2D eigenvalue weighted by atomic mass is 10.5. The number of imidazole rings is 2. The third-order valence-corrected chi connectivity index (χ3v) is 2.58. The maximum Gasteiger partial charge on any atom is 0.327 e. The number of H-pyrrole nitrogens is 4. The first-order chi connectivity index (χ1) is 10.1. The van der Waals surface area contributed by atoms with Crippen LogP contribution in [0.4, 0.5) is 5.82 Å². The second kappa shape index (κ2) is 4.88. The predicted octanol–water partition coefficient (Wildman–Crippen LogP) is -1.13. The Bertz CT molecular complexity index is 1010. The van der Waals surface area contributed by atoms with Crippen LogP contribution in [0.5, 0.6) is 0 Å². The van der Waals surface area contributed by atoms with Crippen LogP contribution < -0.4 is 17.0 Å². The molecule has 11 nitrogen and oxygen atoms in total. The van der Waals surface area contributed by atoms with E-state index in [0.29, 0.717) is 17.0 Å². The molecule has 0 aliphatic carbocycles. The molecule has 4 aromatic heterocycles. The molecule has 0 fully saturated rings. The van der Waals surface area contributed by atoms with Gasteiger partial charge in [-0.2, -0.15) is 0 Å². The summed E-state index contributed by atoms with van der Waals surface area (Å²) in [5, 5.41) is 0. The Balaban J connectivity index is 0.000000126. The van der Waals surface area contributed by atoms with E-state index < -0.39 is 11.2 Å². The number of hydrogen-bond acceptors (Lipinski definition) is 7. The zero-order valence-electron chi connectivity index (χ0n) is 10.4. The lowest BCUT2D eigenvalue weighted by molar-refractivity contribution is 1.07. The Labute approximate surface area is 114 Å². The number of fused-ring (bicyclic) bond motifs is 2. The standard InChI is InChI=1S/C5H5N5.C5H4N4O2/c6-4-3-5(9-1-7-3)10-2-8-4;10-4-2-3(7-1-6-2)8-5(11)9-4/h1-2H,(H3,6,7,8,9,10);1H,(H3,6,7,8,9,10,11). The molecule has 0 spiro atoms. The van der Waals surface area contributed by atoms with E-state index in [0.717, 1.165) is 0 Å². The Morgan fingerprint density at radius 3 is 2.48 bits per heavy atom. The highest BCUT2D eigenvalue weighted by molar-refractivity contribution is 5.80. The molecule has 4 heterocycles. The number of nitrogens with zero attached hydrogens (tertiary/aromatic N) is 4. The van der Waals surface area contributed by atoms with Crippen molar-refractivity contribution >= 4 is 28.1 Å². The third-order valence-electron chi connectivity index (χ3n) is 2.58. The van der Waals surface area contributed by atoms with Crippen molar-refractivity contribution in [1.82, 2.24) is 39.9 Å². The van der Waals surface area contributed by atoms with Crippen LogP contribution in [0, 0.1) is 0 Å². The molecular weight excluding hydrogens is 278 g/mol. The molecular formula is C10H9N9O2. The zero-order valence-corrected chi connectivity index (χ0v) is 10.4. The van der Waals surface area contributed by atoms with Crippen LogP contribution >= 0.6 is 0 Å². The molecule has 0 saturated heterocycles. The Kier molecular flexibility index (Phi) is 2.91. The minimum atomic E-state index is -0.547. The summed E-state index contributed by atoms with van der Waals surface area (Å²) in [6.07, 6.45) is 4.27. The molecule has 0 aliphatic heterocycles. The number of nitrogen functional groups attached to an aromatic ring is 1. The largest absolute Gasteiger partial charge is 0.382 e. The maximum absolute atomic E-state index is 10.9. The first kappa shape index (κ1) is 12.5. The first-order valence-electron chi connectivity index (χ1n) is 5.70. The minimum absolute atomic E-state index is 0.277. The third kappa shape index (κ3) is 2.34. The van der Waals surface area contributed by atoms with Crippen LogP contribution in [0.2, 0.25) is 0 Å². The number of hydrogen-bond donors (Lipinski definition) is 5. The van der Waals surface area contributed by atoms with Gasteiger partial charge in [-0.15, -0.1) is 0 Å². The summed E-state index contributed by atoms with van der Waals surface area (Å²) in [5.41, 5.74) is 6.33. The van der Waals surface area contributed by atoms with E-state index in [1.54, 1.807) is 0 Å². The molecule has 6 N–H and O–H groups in total. The zero-order chi connectivity index (χ0) is 14.8. The van der Waals surface area contributed by atoms with Gasteiger partial charge in [0.2, 0.25) is 0 Å². The first-order valence-corrected chi connectivity index (χ1v) is 5.70. The smallest absolute Gasteiger partial charge is 0.327 e. The SMILES string of the molecule is Nc1ncnc2nc[nH]c12.O=c1[nH]c(=O)c2[nH]cnc2[nH]1. The highest BCUT2D eigenvalue weighted by Gasteiger charge is 2.00. The molecule has 0 bridgehead atoms. The average Bonchev–Trinajstić information content (AvgIpc) is 3.08. The summed E-state index contributed by atoms with van der Waals surface area (Å²) < 4.78 is 0. The van der Waals surface area contributed by atoms with Crippen LogP contribution in [0.15, 0.2) is 28.6 Å². The van der Waals surface area contributed by atoms with Gasteiger partial charge >= 0.3 is 5.69 Å². The van der Waals surface area contributed by atoms with E-state index in [1.165, 1.54) is 19.0 Å². The molecule has 0 amide bonds. The summed E-state index contributed by atoms with van der Waals surface area (Å²) in [6.45, 7) is 0. The summed E-state index contributed by atoms with van der Waals surface area (Å²) in [4.78, 5) is 46.6. The molecule has 0 saturated carbocycles.